The Morgan fingerprint density at radius 1 is 1.22 bits per heavy atom. The van der Waals surface area contributed by atoms with E-state index in [0.717, 1.165) is 18.9 Å². The van der Waals surface area contributed by atoms with Gasteiger partial charge in [0.25, 0.3) is 0 Å². The second kappa shape index (κ2) is 9.98. The minimum Gasteiger partial charge on any atom is -0.368 e. The molecule has 1 aliphatic carbocycles. The lowest BCUT2D eigenvalue weighted by Crippen LogP contribution is -2.42. The Bertz CT molecular complexity index is 646. The van der Waals surface area contributed by atoms with Crippen molar-refractivity contribution in [2.24, 2.45) is 10.9 Å². The fourth-order valence-electron chi connectivity index (χ4n) is 2.32. The first-order chi connectivity index (χ1) is 12.9. The molecule has 1 amide bonds. The Labute approximate surface area is 156 Å². The molecule has 0 spiro atoms. The predicted octanol–water partition coefficient (Wildman–Crippen LogP) is 1.59. The van der Waals surface area contributed by atoms with Crippen molar-refractivity contribution < 1.29 is 18.0 Å². The molecule has 0 aromatic carbocycles. The molecule has 4 N–H and O–H groups in total. The highest BCUT2D eigenvalue weighted by atomic mass is 19.4. The number of hydrogen-bond acceptors (Lipinski definition) is 4. The molecule has 0 aliphatic heterocycles. The number of guanidine groups is 1. The highest BCUT2D eigenvalue weighted by molar-refractivity contribution is 5.81. The summed E-state index contributed by atoms with van der Waals surface area (Å²) in [7, 11) is 0. The summed E-state index contributed by atoms with van der Waals surface area (Å²) in [6.07, 6.45) is -1.23. The smallest absolute Gasteiger partial charge is 0.368 e. The third-order valence-corrected chi connectivity index (χ3v) is 3.80. The van der Waals surface area contributed by atoms with Crippen molar-refractivity contribution in [3.63, 3.8) is 0 Å². The zero-order valence-corrected chi connectivity index (χ0v) is 15.2. The highest BCUT2D eigenvalue weighted by Crippen LogP contribution is 2.33. The van der Waals surface area contributed by atoms with E-state index < -0.39 is 11.7 Å². The van der Waals surface area contributed by atoms with Crippen LogP contribution in [0.25, 0.3) is 0 Å². The molecule has 7 nitrogen and oxygen atoms in total. The summed E-state index contributed by atoms with van der Waals surface area (Å²) in [4.78, 5) is 19.6. The van der Waals surface area contributed by atoms with Crippen molar-refractivity contribution in [2.75, 3.05) is 38.0 Å². The number of rotatable bonds is 9. The van der Waals surface area contributed by atoms with Crippen LogP contribution in [0.5, 0.6) is 0 Å². The molecular formula is C17H25F3N6O. The van der Waals surface area contributed by atoms with Gasteiger partial charge >= 0.3 is 6.18 Å². The molecule has 2 rings (SSSR count). The normalized spacial score (nSPS) is 14.6. The number of hydrogen-bond donors (Lipinski definition) is 4. The molecular weight excluding hydrogens is 361 g/mol. The van der Waals surface area contributed by atoms with Crippen molar-refractivity contribution >= 4 is 17.7 Å². The van der Waals surface area contributed by atoms with E-state index in [-0.39, 0.29) is 30.7 Å². The quantitative estimate of drug-likeness (QED) is 0.294. The Morgan fingerprint density at radius 2 is 1.96 bits per heavy atom. The number of pyridine rings is 1. The first kappa shape index (κ1) is 20.8. The molecule has 0 bridgehead atoms. The summed E-state index contributed by atoms with van der Waals surface area (Å²) in [5, 5.41) is 11.6. The predicted molar refractivity (Wildman–Crippen MR) is 97.4 cm³/mol. The lowest BCUT2D eigenvalue weighted by atomic mass is 10.2. The Morgan fingerprint density at radius 3 is 2.63 bits per heavy atom. The summed E-state index contributed by atoms with van der Waals surface area (Å²) >= 11 is 0. The molecule has 27 heavy (non-hydrogen) atoms. The zero-order valence-electron chi connectivity index (χ0n) is 15.2. The summed E-state index contributed by atoms with van der Waals surface area (Å²) in [5.41, 5.74) is -0.801. The maximum atomic E-state index is 12.9. The van der Waals surface area contributed by atoms with Crippen LogP contribution in [0.3, 0.4) is 0 Å². The van der Waals surface area contributed by atoms with Crippen LogP contribution in [0, 0.1) is 5.92 Å². The minimum absolute atomic E-state index is 0.0822. The van der Waals surface area contributed by atoms with Gasteiger partial charge in [-0.25, -0.2) is 4.98 Å². The minimum atomic E-state index is -4.46. The second-order valence-electron chi connectivity index (χ2n) is 6.08. The van der Waals surface area contributed by atoms with Gasteiger partial charge in [0.2, 0.25) is 5.91 Å². The number of aromatic nitrogens is 1. The van der Waals surface area contributed by atoms with Crippen LogP contribution in [0.1, 0.15) is 25.3 Å². The van der Waals surface area contributed by atoms with Gasteiger partial charge in [-0.15, -0.1) is 0 Å². The Balaban J connectivity index is 1.75. The summed E-state index contributed by atoms with van der Waals surface area (Å²) in [5.74, 6) is 0.586. The van der Waals surface area contributed by atoms with Gasteiger partial charge in [-0.2, -0.15) is 13.2 Å². The van der Waals surface area contributed by atoms with Crippen LogP contribution in [0.15, 0.2) is 23.3 Å². The first-order valence-corrected chi connectivity index (χ1v) is 8.97. The summed E-state index contributed by atoms with van der Waals surface area (Å²) in [6, 6.07) is 2.24. The molecule has 1 heterocycles. The number of alkyl halides is 3. The van der Waals surface area contributed by atoms with E-state index in [2.05, 4.69) is 31.2 Å². The fraction of sp³-hybridized carbons (Fsp3) is 0.588. The number of carbonyl (C=O) groups excluding carboxylic acids is 1. The zero-order chi connectivity index (χ0) is 19.7. The van der Waals surface area contributed by atoms with Gasteiger partial charge in [0.05, 0.1) is 12.1 Å². The largest absolute Gasteiger partial charge is 0.419 e. The van der Waals surface area contributed by atoms with Gasteiger partial charge in [0.1, 0.15) is 5.82 Å². The summed E-state index contributed by atoms with van der Waals surface area (Å²) < 4.78 is 38.7. The van der Waals surface area contributed by atoms with Crippen LogP contribution in [0.2, 0.25) is 0 Å². The van der Waals surface area contributed by atoms with Crippen LogP contribution >= 0.6 is 0 Å². The van der Waals surface area contributed by atoms with Gasteiger partial charge in [-0.1, -0.05) is 0 Å². The highest BCUT2D eigenvalue weighted by Gasteiger charge is 2.33. The van der Waals surface area contributed by atoms with Gasteiger partial charge in [0, 0.05) is 38.3 Å². The summed E-state index contributed by atoms with van der Waals surface area (Å²) in [6.45, 7) is 4.02. The molecule has 1 aliphatic rings. The van der Waals surface area contributed by atoms with Gasteiger partial charge in [-0.3, -0.25) is 9.79 Å². The van der Waals surface area contributed by atoms with E-state index >= 15 is 0 Å². The van der Waals surface area contributed by atoms with E-state index in [1.54, 1.807) is 0 Å². The van der Waals surface area contributed by atoms with E-state index in [1.165, 1.54) is 12.3 Å². The topological polar surface area (TPSA) is 90.4 Å². The molecule has 0 atom stereocenters. The lowest BCUT2D eigenvalue weighted by Gasteiger charge is -2.13. The molecule has 1 fully saturated rings. The van der Waals surface area contributed by atoms with E-state index in [1.807, 2.05) is 6.92 Å². The third kappa shape index (κ3) is 7.32. The number of nitrogens with zero attached hydrogens (tertiary/aromatic N) is 2. The third-order valence-electron chi connectivity index (χ3n) is 3.80. The van der Waals surface area contributed by atoms with Gasteiger partial charge < -0.3 is 21.3 Å². The van der Waals surface area contributed by atoms with Crippen molar-refractivity contribution in [2.45, 2.75) is 25.9 Å². The number of halogens is 3. The molecule has 1 aromatic rings. The molecule has 1 aromatic heterocycles. The van der Waals surface area contributed by atoms with Gasteiger partial charge in [-0.05, 0) is 31.9 Å². The SMILES string of the molecule is CCNC(=NCCNc1ncccc1C(F)(F)F)NCCNC(=O)C1CC1. The standard InChI is InChI=1S/C17H25F3N6O/c1-2-21-16(26-11-9-24-15(27)12-5-6-12)25-10-8-23-14-13(17(18,19)20)4-3-7-22-14/h3-4,7,12H,2,5-6,8-11H2,1H3,(H,22,23)(H,24,27)(H2,21,25,26). The van der Waals surface area contributed by atoms with E-state index in [9.17, 15) is 18.0 Å². The second-order valence-corrected chi connectivity index (χ2v) is 6.08. The maximum Gasteiger partial charge on any atom is 0.419 e. The maximum absolute atomic E-state index is 12.9. The average molecular weight is 386 g/mol. The monoisotopic (exact) mass is 386 g/mol. The number of aliphatic imine (C=N–C) groups is 1. The van der Waals surface area contributed by atoms with Gasteiger partial charge in [0.15, 0.2) is 5.96 Å². The Kier molecular flexibility index (Phi) is 7.68. The first-order valence-electron chi connectivity index (χ1n) is 8.97. The number of nitrogens with one attached hydrogen (secondary N) is 4. The molecule has 10 heteroatoms. The van der Waals surface area contributed by atoms with Crippen molar-refractivity contribution in [3.05, 3.63) is 23.9 Å². The molecule has 1 saturated carbocycles. The van der Waals surface area contributed by atoms with Crippen LogP contribution in [-0.2, 0) is 11.0 Å². The molecule has 150 valence electrons. The van der Waals surface area contributed by atoms with Crippen molar-refractivity contribution in [1.29, 1.82) is 0 Å². The number of carbonyl (C=O) groups is 1. The van der Waals surface area contributed by atoms with E-state index in [4.69, 9.17) is 0 Å². The van der Waals surface area contributed by atoms with Crippen molar-refractivity contribution in [1.82, 2.24) is 20.9 Å². The van der Waals surface area contributed by atoms with E-state index in [0.29, 0.717) is 25.6 Å². The molecule has 0 unspecified atom stereocenters. The Hall–Kier alpha value is -2.52. The number of amides is 1. The fourth-order valence-corrected chi connectivity index (χ4v) is 2.32. The average Bonchev–Trinajstić information content (AvgIpc) is 3.46. The molecule has 0 saturated heterocycles. The van der Waals surface area contributed by atoms with Crippen LogP contribution in [0.4, 0.5) is 19.0 Å². The van der Waals surface area contributed by atoms with Crippen LogP contribution in [-0.4, -0.2) is 49.6 Å². The lowest BCUT2D eigenvalue weighted by molar-refractivity contribution is -0.137. The molecule has 0 radical (unpaired) electrons. The number of anilines is 1. The van der Waals surface area contributed by atoms with Crippen LogP contribution < -0.4 is 21.3 Å². The van der Waals surface area contributed by atoms with Crippen molar-refractivity contribution in [3.8, 4) is 0 Å².